The lowest BCUT2D eigenvalue weighted by Crippen LogP contribution is -2.22. The van der Waals surface area contributed by atoms with Crippen LogP contribution in [0.3, 0.4) is 0 Å². The molecule has 0 saturated heterocycles. The van der Waals surface area contributed by atoms with Crippen molar-refractivity contribution in [2.75, 3.05) is 20.1 Å². The van der Waals surface area contributed by atoms with Gasteiger partial charge in [-0.05, 0) is 50.6 Å². The third-order valence-corrected chi connectivity index (χ3v) is 2.91. The number of rotatable bonds is 6. The van der Waals surface area contributed by atoms with E-state index in [1.165, 1.54) is 12.8 Å². The zero-order chi connectivity index (χ0) is 12.0. The number of unbranched alkanes of at least 4 members (excludes halogenated alkanes) is 1. The van der Waals surface area contributed by atoms with Crippen LogP contribution in [-0.2, 0) is 6.42 Å². The van der Waals surface area contributed by atoms with E-state index in [1.54, 1.807) is 13.0 Å². The number of nitrogens with zero attached hydrogens (tertiary/aromatic N) is 1. The highest BCUT2D eigenvalue weighted by atomic mass is 19.1. The van der Waals surface area contributed by atoms with Gasteiger partial charge in [0, 0.05) is 6.54 Å². The summed E-state index contributed by atoms with van der Waals surface area (Å²) in [6.07, 6.45) is 3.39. The Morgan fingerprint density at radius 1 is 1.25 bits per heavy atom. The lowest BCUT2D eigenvalue weighted by atomic mass is 10.1. The van der Waals surface area contributed by atoms with Crippen LogP contribution < -0.4 is 0 Å². The Morgan fingerprint density at radius 3 is 2.62 bits per heavy atom. The van der Waals surface area contributed by atoms with E-state index in [9.17, 15) is 4.39 Å². The van der Waals surface area contributed by atoms with Crippen LogP contribution in [-0.4, -0.2) is 25.0 Å². The van der Waals surface area contributed by atoms with Crippen molar-refractivity contribution in [1.29, 1.82) is 0 Å². The maximum Gasteiger partial charge on any atom is 0.126 e. The molecule has 0 aliphatic heterocycles. The van der Waals surface area contributed by atoms with Crippen molar-refractivity contribution in [2.45, 2.75) is 33.1 Å². The van der Waals surface area contributed by atoms with E-state index in [4.69, 9.17) is 0 Å². The Labute approximate surface area is 98.3 Å². The van der Waals surface area contributed by atoms with Crippen LogP contribution in [0, 0.1) is 12.7 Å². The SMILES string of the molecule is CCCCN(C)CCc1ccc(C)c(F)c1. The summed E-state index contributed by atoms with van der Waals surface area (Å²) in [4.78, 5) is 2.31. The Balaban J connectivity index is 2.39. The highest BCUT2D eigenvalue weighted by Gasteiger charge is 2.01. The van der Waals surface area contributed by atoms with Gasteiger partial charge in [0.2, 0.25) is 0 Å². The first kappa shape index (κ1) is 13.2. The summed E-state index contributed by atoms with van der Waals surface area (Å²) in [6, 6.07) is 5.53. The molecule has 16 heavy (non-hydrogen) atoms. The molecule has 0 aliphatic carbocycles. The summed E-state index contributed by atoms with van der Waals surface area (Å²) in [5, 5.41) is 0. The van der Waals surface area contributed by atoms with Gasteiger partial charge in [0.1, 0.15) is 5.82 Å². The van der Waals surface area contributed by atoms with E-state index in [0.717, 1.165) is 30.6 Å². The quantitative estimate of drug-likeness (QED) is 0.714. The van der Waals surface area contributed by atoms with Crippen LogP contribution in [0.15, 0.2) is 18.2 Å². The van der Waals surface area contributed by atoms with Crippen molar-refractivity contribution in [2.24, 2.45) is 0 Å². The molecule has 0 heterocycles. The molecule has 1 rings (SSSR count). The van der Waals surface area contributed by atoms with Crippen LogP contribution in [0.2, 0.25) is 0 Å². The standard InChI is InChI=1S/C14H22FN/c1-4-5-9-16(3)10-8-13-7-6-12(2)14(15)11-13/h6-7,11H,4-5,8-10H2,1-3H3. The van der Waals surface area contributed by atoms with E-state index in [-0.39, 0.29) is 5.82 Å². The molecule has 0 atom stereocenters. The molecule has 1 aromatic carbocycles. The lowest BCUT2D eigenvalue weighted by Gasteiger charge is -2.15. The second-order valence-electron chi connectivity index (χ2n) is 4.49. The van der Waals surface area contributed by atoms with Crippen molar-refractivity contribution >= 4 is 0 Å². The fourth-order valence-electron chi connectivity index (χ4n) is 1.65. The minimum absolute atomic E-state index is 0.0892. The minimum atomic E-state index is -0.0892. The second kappa shape index (κ2) is 6.64. The molecule has 0 N–H and O–H groups in total. The molecular weight excluding hydrogens is 201 g/mol. The molecule has 2 heteroatoms. The molecule has 0 unspecified atom stereocenters. The summed E-state index contributed by atoms with van der Waals surface area (Å²) in [6.45, 7) is 6.13. The van der Waals surface area contributed by atoms with Crippen LogP contribution in [0.4, 0.5) is 4.39 Å². The van der Waals surface area contributed by atoms with Gasteiger partial charge in [-0.25, -0.2) is 4.39 Å². The number of benzene rings is 1. The Morgan fingerprint density at radius 2 is 2.00 bits per heavy atom. The molecule has 0 radical (unpaired) electrons. The van der Waals surface area contributed by atoms with Gasteiger partial charge in [-0.1, -0.05) is 25.5 Å². The summed E-state index contributed by atoms with van der Waals surface area (Å²) in [5.41, 5.74) is 1.81. The summed E-state index contributed by atoms with van der Waals surface area (Å²) >= 11 is 0. The highest BCUT2D eigenvalue weighted by molar-refractivity contribution is 5.23. The third-order valence-electron chi connectivity index (χ3n) is 2.91. The van der Waals surface area contributed by atoms with Crippen molar-refractivity contribution in [3.8, 4) is 0 Å². The van der Waals surface area contributed by atoms with E-state index in [2.05, 4.69) is 18.9 Å². The number of likely N-dealkylation sites (N-methyl/N-ethyl adjacent to an activating group) is 1. The van der Waals surface area contributed by atoms with Gasteiger partial charge >= 0.3 is 0 Å². The van der Waals surface area contributed by atoms with Crippen molar-refractivity contribution in [3.05, 3.63) is 35.1 Å². The number of hydrogen-bond donors (Lipinski definition) is 0. The van der Waals surface area contributed by atoms with Crippen LogP contribution in [0.5, 0.6) is 0 Å². The molecule has 90 valence electrons. The van der Waals surface area contributed by atoms with E-state index in [0.29, 0.717) is 0 Å². The highest BCUT2D eigenvalue weighted by Crippen LogP contribution is 2.10. The molecule has 0 aliphatic rings. The average Bonchev–Trinajstić information content (AvgIpc) is 2.28. The molecule has 0 aromatic heterocycles. The lowest BCUT2D eigenvalue weighted by molar-refractivity contribution is 0.332. The summed E-state index contributed by atoms with van der Waals surface area (Å²) in [5.74, 6) is -0.0892. The zero-order valence-corrected chi connectivity index (χ0v) is 10.6. The van der Waals surface area contributed by atoms with Crippen molar-refractivity contribution in [1.82, 2.24) is 4.90 Å². The van der Waals surface area contributed by atoms with E-state index >= 15 is 0 Å². The van der Waals surface area contributed by atoms with Crippen LogP contribution in [0.1, 0.15) is 30.9 Å². The van der Waals surface area contributed by atoms with Gasteiger partial charge in [0.15, 0.2) is 0 Å². The van der Waals surface area contributed by atoms with Gasteiger partial charge < -0.3 is 4.90 Å². The first-order valence-corrected chi connectivity index (χ1v) is 6.07. The fourth-order valence-corrected chi connectivity index (χ4v) is 1.65. The maximum absolute atomic E-state index is 13.3. The number of aryl methyl sites for hydroxylation is 1. The minimum Gasteiger partial charge on any atom is -0.306 e. The monoisotopic (exact) mass is 223 g/mol. The van der Waals surface area contributed by atoms with Gasteiger partial charge in [-0.2, -0.15) is 0 Å². The molecule has 1 nitrogen and oxygen atoms in total. The largest absolute Gasteiger partial charge is 0.306 e. The first-order valence-electron chi connectivity index (χ1n) is 6.07. The van der Waals surface area contributed by atoms with E-state index < -0.39 is 0 Å². The van der Waals surface area contributed by atoms with Gasteiger partial charge in [0.05, 0.1) is 0 Å². The molecule has 0 spiro atoms. The maximum atomic E-state index is 13.3. The Hall–Kier alpha value is -0.890. The number of halogens is 1. The van der Waals surface area contributed by atoms with Crippen molar-refractivity contribution < 1.29 is 4.39 Å². The Kier molecular flexibility index (Phi) is 5.47. The summed E-state index contributed by atoms with van der Waals surface area (Å²) in [7, 11) is 2.13. The molecule has 0 amide bonds. The second-order valence-corrected chi connectivity index (χ2v) is 4.49. The summed E-state index contributed by atoms with van der Waals surface area (Å²) < 4.78 is 13.3. The number of hydrogen-bond acceptors (Lipinski definition) is 1. The smallest absolute Gasteiger partial charge is 0.126 e. The predicted molar refractivity (Wildman–Crippen MR) is 67.2 cm³/mol. The van der Waals surface area contributed by atoms with Crippen molar-refractivity contribution in [3.63, 3.8) is 0 Å². The topological polar surface area (TPSA) is 3.24 Å². The molecule has 0 fully saturated rings. The average molecular weight is 223 g/mol. The molecule has 0 saturated carbocycles. The fraction of sp³-hybridized carbons (Fsp3) is 0.571. The Bertz CT molecular complexity index is 323. The van der Waals surface area contributed by atoms with Gasteiger partial charge in [-0.3, -0.25) is 0 Å². The van der Waals surface area contributed by atoms with Gasteiger partial charge in [-0.15, -0.1) is 0 Å². The van der Waals surface area contributed by atoms with Crippen LogP contribution in [0.25, 0.3) is 0 Å². The van der Waals surface area contributed by atoms with Crippen LogP contribution >= 0.6 is 0 Å². The third kappa shape index (κ3) is 4.31. The molecular formula is C14H22FN. The predicted octanol–water partition coefficient (Wildman–Crippen LogP) is 3.41. The molecule has 0 bridgehead atoms. The van der Waals surface area contributed by atoms with Gasteiger partial charge in [0.25, 0.3) is 0 Å². The zero-order valence-electron chi connectivity index (χ0n) is 10.6. The first-order chi connectivity index (χ1) is 7.63. The molecule has 1 aromatic rings. The normalized spacial score (nSPS) is 11.1. The van der Waals surface area contributed by atoms with E-state index in [1.807, 2.05) is 12.1 Å².